The third kappa shape index (κ3) is 8.31. The van der Waals surface area contributed by atoms with Crippen molar-refractivity contribution in [3.63, 3.8) is 0 Å². The minimum atomic E-state index is -2.59. The Morgan fingerprint density at radius 1 is 1.33 bits per heavy atom. The van der Waals surface area contributed by atoms with Crippen LogP contribution < -0.4 is 4.74 Å². The maximum absolute atomic E-state index is 13.7. The van der Waals surface area contributed by atoms with Gasteiger partial charge in [-0.05, 0) is 42.7 Å². The number of halogens is 4. The Bertz CT molecular complexity index is 518. The summed E-state index contributed by atoms with van der Waals surface area (Å²) in [6.07, 6.45) is 3.63. The predicted molar refractivity (Wildman–Crippen MR) is 85.9 cm³/mol. The Morgan fingerprint density at radius 3 is 2.62 bits per heavy atom. The van der Waals surface area contributed by atoms with Gasteiger partial charge in [-0.25, -0.2) is 9.18 Å². The lowest BCUT2D eigenvalue weighted by atomic mass is 10.2. The molecule has 0 aromatic heterocycles. The normalized spacial score (nSPS) is 11.8. The number of rotatable bonds is 8. The second-order valence-electron chi connectivity index (χ2n) is 4.28. The summed E-state index contributed by atoms with van der Waals surface area (Å²) in [5.41, 5.74) is 0.449. The molecule has 0 saturated carbocycles. The van der Waals surface area contributed by atoms with Crippen molar-refractivity contribution in [2.45, 2.75) is 18.9 Å². The number of hydrogen-bond donors (Lipinski definition) is 1. The van der Waals surface area contributed by atoms with Crippen LogP contribution >= 0.6 is 33.2 Å². The van der Waals surface area contributed by atoms with Gasteiger partial charge in [-0.3, -0.25) is 0 Å². The number of benzene rings is 1. The van der Waals surface area contributed by atoms with Crippen molar-refractivity contribution in [1.29, 1.82) is 0 Å². The molecule has 8 heteroatoms. The van der Waals surface area contributed by atoms with Crippen molar-refractivity contribution in [1.82, 2.24) is 0 Å². The largest absolute Gasteiger partial charge is 0.491 e. The predicted octanol–water partition coefficient (Wildman–Crippen LogP) is 4.74. The van der Waals surface area contributed by atoms with E-state index in [1.807, 2.05) is 0 Å². The summed E-state index contributed by atoms with van der Waals surface area (Å²) in [7, 11) is 0. The van der Waals surface area contributed by atoms with Gasteiger partial charge in [-0.2, -0.15) is 0 Å². The molecule has 0 atom stereocenters. The van der Waals surface area contributed by atoms with Gasteiger partial charge in [-0.1, -0.05) is 6.07 Å². The van der Waals surface area contributed by atoms with E-state index in [4.69, 9.17) is 43.1 Å². The fraction of sp³-hybridized carbons (Fsp3) is 0.308. The average molecular weight is 372 g/mol. The molecule has 1 aromatic rings. The van der Waals surface area contributed by atoms with Crippen molar-refractivity contribution in [2.24, 2.45) is 0 Å². The van der Waals surface area contributed by atoms with Crippen molar-refractivity contribution in [3.05, 3.63) is 35.7 Å². The van der Waals surface area contributed by atoms with Crippen molar-refractivity contribution < 1.29 is 19.0 Å². The smallest absolute Gasteiger partial charge is 0.341 e. The van der Waals surface area contributed by atoms with Crippen LogP contribution in [0.1, 0.15) is 18.4 Å². The average Bonchev–Trinajstić information content (AvgIpc) is 2.36. The summed E-state index contributed by atoms with van der Waals surface area (Å²) in [6, 6.07) is 2.20. The molecule has 0 aliphatic heterocycles. The minimum Gasteiger partial charge on any atom is -0.491 e. The zero-order chi connectivity index (χ0) is 15.9. The number of carboxylic acid groups (broad SMARTS) is 1. The third-order valence-corrected chi connectivity index (χ3v) is 5.11. The molecule has 116 valence electrons. The second kappa shape index (κ2) is 8.63. The molecule has 3 nitrogen and oxygen atoms in total. The summed E-state index contributed by atoms with van der Waals surface area (Å²) in [4.78, 5) is 10.4. The number of hydrogen-bond acceptors (Lipinski definition) is 2. The maximum Gasteiger partial charge on any atom is 0.341 e. The number of carbonyl (C=O) groups is 1. The summed E-state index contributed by atoms with van der Waals surface area (Å²) >= 11 is 17.2. The maximum atomic E-state index is 13.7. The zero-order valence-corrected chi connectivity index (χ0v) is 14.3. The van der Waals surface area contributed by atoms with Crippen LogP contribution in [0.4, 0.5) is 4.39 Å². The van der Waals surface area contributed by atoms with Crippen molar-refractivity contribution in [2.75, 3.05) is 6.61 Å². The number of unbranched alkanes of at least 4 members (excludes halogenated alkanes) is 1. The van der Waals surface area contributed by atoms with E-state index < -0.39 is 17.8 Å². The van der Waals surface area contributed by atoms with Gasteiger partial charge < -0.3 is 9.84 Å². The Kier molecular flexibility index (Phi) is 7.52. The van der Waals surface area contributed by atoms with E-state index in [9.17, 15) is 9.18 Å². The number of carboxylic acids is 1. The second-order valence-corrected chi connectivity index (χ2v) is 13.6. The molecular formula is C13H14Cl3FO3Si. The Balaban J connectivity index is 2.44. The Labute approximate surface area is 137 Å². The fourth-order valence-electron chi connectivity index (χ4n) is 1.51. The molecular weight excluding hydrogens is 358 g/mol. The molecule has 0 fully saturated rings. The quantitative estimate of drug-likeness (QED) is 0.311. The summed E-state index contributed by atoms with van der Waals surface area (Å²) in [5.74, 6) is -1.51. The van der Waals surface area contributed by atoms with Gasteiger partial charge in [0.25, 0.3) is 0 Å². The molecule has 1 N–H and O–H groups in total. The van der Waals surface area contributed by atoms with E-state index in [1.165, 1.54) is 18.2 Å². The standard InChI is InChI=1S/C13H14Cl3FO3Si/c14-21(15,16)8-2-1-7-20-12-5-3-10(9-11(12)17)4-6-13(18)19/h3-6,9H,1-2,7-8H2,(H,18,19). The molecule has 0 saturated heterocycles. The van der Waals surface area contributed by atoms with Gasteiger partial charge in [0.2, 0.25) is 0 Å². The molecule has 0 amide bonds. The highest BCUT2D eigenvalue weighted by atomic mass is 35.8. The van der Waals surface area contributed by atoms with Crippen LogP contribution in [0.2, 0.25) is 6.04 Å². The summed E-state index contributed by atoms with van der Waals surface area (Å²) < 4.78 is 19.0. The van der Waals surface area contributed by atoms with Crippen LogP contribution in [0, 0.1) is 5.82 Å². The molecule has 0 spiro atoms. The first-order valence-corrected chi connectivity index (χ1v) is 11.4. The lowest BCUT2D eigenvalue weighted by Crippen LogP contribution is -2.09. The lowest BCUT2D eigenvalue weighted by Gasteiger charge is -2.09. The number of aliphatic carboxylic acids is 1. The van der Waals surface area contributed by atoms with Crippen LogP contribution in [-0.2, 0) is 4.79 Å². The van der Waals surface area contributed by atoms with Gasteiger partial charge >= 0.3 is 12.0 Å². The van der Waals surface area contributed by atoms with E-state index >= 15 is 0 Å². The number of ether oxygens (including phenoxy) is 1. The van der Waals surface area contributed by atoms with Gasteiger partial charge in [0, 0.05) is 6.08 Å². The van der Waals surface area contributed by atoms with Crippen LogP contribution in [0.5, 0.6) is 5.75 Å². The van der Waals surface area contributed by atoms with E-state index in [0.717, 1.165) is 6.08 Å². The fourth-order valence-corrected chi connectivity index (χ4v) is 3.37. The molecule has 0 aliphatic rings. The van der Waals surface area contributed by atoms with E-state index in [-0.39, 0.29) is 5.75 Å². The monoisotopic (exact) mass is 370 g/mol. The first-order valence-electron chi connectivity index (χ1n) is 6.18. The first kappa shape index (κ1) is 18.3. The SMILES string of the molecule is O=C(O)C=Cc1ccc(OCCCC[Si](Cl)(Cl)Cl)c(F)c1. The topological polar surface area (TPSA) is 46.5 Å². The molecule has 0 unspecified atom stereocenters. The molecule has 0 aliphatic carbocycles. The van der Waals surface area contributed by atoms with Crippen LogP contribution in [-0.4, -0.2) is 23.7 Å². The molecule has 0 heterocycles. The highest BCUT2D eigenvalue weighted by Crippen LogP contribution is 2.27. The molecule has 0 bridgehead atoms. The Hall–Kier alpha value is -0.753. The first-order chi connectivity index (χ1) is 9.78. The van der Waals surface area contributed by atoms with E-state index in [1.54, 1.807) is 6.07 Å². The highest BCUT2D eigenvalue weighted by Gasteiger charge is 2.23. The Morgan fingerprint density at radius 2 is 2.05 bits per heavy atom. The van der Waals surface area contributed by atoms with Crippen LogP contribution in [0.3, 0.4) is 0 Å². The third-order valence-electron chi connectivity index (χ3n) is 2.49. The lowest BCUT2D eigenvalue weighted by molar-refractivity contribution is -0.131. The van der Waals surface area contributed by atoms with Crippen LogP contribution in [0.15, 0.2) is 24.3 Å². The van der Waals surface area contributed by atoms with Gasteiger partial charge in [0.15, 0.2) is 11.6 Å². The summed E-state index contributed by atoms with van der Waals surface area (Å²) in [6.45, 7) is 0.330. The highest BCUT2D eigenvalue weighted by molar-refractivity contribution is 7.64. The van der Waals surface area contributed by atoms with Gasteiger partial charge in [-0.15, -0.1) is 33.2 Å². The zero-order valence-electron chi connectivity index (χ0n) is 11.0. The van der Waals surface area contributed by atoms with Crippen LogP contribution in [0.25, 0.3) is 6.08 Å². The van der Waals surface area contributed by atoms with Gasteiger partial charge in [0.1, 0.15) is 0 Å². The molecule has 21 heavy (non-hydrogen) atoms. The summed E-state index contributed by atoms with van der Waals surface area (Å²) in [5, 5.41) is 8.49. The van der Waals surface area contributed by atoms with E-state index in [2.05, 4.69) is 0 Å². The van der Waals surface area contributed by atoms with Crippen molar-refractivity contribution in [3.8, 4) is 5.75 Å². The minimum absolute atomic E-state index is 0.119. The van der Waals surface area contributed by atoms with Crippen molar-refractivity contribution >= 4 is 51.3 Å². The molecule has 0 radical (unpaired) electrons. The molecule has 1 aromatic carbocycles. The molecule has 1 rings (SSSR count). The van der Waals surface area contributed by atoms with Gasteiger partial charge in [0.05, 0.1) is 6.61 Å². The van der Waals surface area contributed by atoms with E-state index in [0.29, 0.717) is 31.1 Å².